The smallest absolute Gasteiger partial charge is 0.253 e. The first-order chi connectivity index (χ1) is 17.1. The zero-order valence-electron chi connectivity index (χ0n) is 20.1. The predicted molar refractivity (Wildman–Crippen MR) is 141 cm³/mol. The maximum absolute atomic E-state index is 12.7. The number of amides is 2. The van der Waals surface area contributed by atoms with Gasteiger partial charge in [-0.25, -0.2) is 8.42 Å². The van der Waals surface area contributed by atoms with Crippen LogP contribution in [-0.4, -0.2) is 55.7 Å². The van der Waals surface area contributed by atoms with Gasteiger partial charge in [-0.05, 0) is 59.7 Å². The van der Waals surface area contributed by atoms with Crippen LogP contribution in [0.25, 0.3) is 0 Å². The van der Waals surface area contributed by atoms with Crippen LogP contribution in [0.1, 0.15) is 28.4 Å². The molecule has 2 amide bonds. The summed E-state index contributed by atoms with van der Waals surface area (Å²) in [6.45, 7) is 1.75. The van der Waals surface area contributed by atoms with Crippen molar-refractivity contribution in [2.45, 2.75) is 30.8 Å². The SMILES string of the molecule is CCS(=O)(=O)c1ccc(CC(=O)Nc2ccc(C(=O)N(C)C[C@H](O)Cc3ccc(Cl)cc3)cc2)cc1. The lowest BCUT2D eigenvalue weighted by atomic mass is 10.1. The Kier molecular flexibility index (Phi) is 9.25. The molecule has 0 aliphatic rings. The molecule has 2 N–H and O–H groups in total. The van der Waals surface area contributed by atoms with Gasteiger partial charge >= 0.3 is 0 Å². The molecule has 0 aliphatic carbocycles. The van der Waals surface area contributed by atoms with E-state index in [1.807, 2.05) is 12.1 Å². The normalized spacial score (nSPS) is 12.1. The standard InChI is InChI=1S/C27H29ClN2O5S/c1-3-36(34,35)25-14-6-20(7-15-25)17-26(32)29-23-12-8-21(9-13-23)27(33)30(2)18-24(31)16-19-4-10-22(28)11-5-19/h4-15,24,31H,3,16-18H2,1-2H3,(H,29,32)/t24-/m1/s1. The number of sulfone groups is 1. The van der Waals surface area contributed by atoms with Gasteiger partial charge in [-0.1, -0.05) is 42.8 Å². The fraction of sp³-hybridized carbons (Fsp3) is 0.259. The Hall–Kier alpha value is -3.20. The van der Waals surface area contributed by atoms with Gasteiger partial charge in [-0.3, -0.25) is 9.59 Å². The molecule has 3 rings (SSSR count). The van der Waals surface area contributed by atoms with E-state index in [0.717, 1.165) is 5.56 Å². The van der Waals surface area contributed by atoms with E-state index in [1.54, 1.807) is 62.5 Å². The third kappa shape index (κ3) is 7.65. The molecule has 9 heteroatoms. The average molecular weight is 529 g/mol. The van der Waals surface area contributed by atoms with Gasteiger partial charge in [0.15, 0.2) is 9.84 Å². The second kappa shape index (κ2) is 12.2. The molecule has 3 aromatic carbocycles. The fourth-order valence-electron chi connectivity index (χ4n) is 3.64. The molecule has 190 valence electrons. The first-order valence-electron chi connectivity index (χ1n) is 11.5. The van der Waals surface area contributed by atoms with Crippen LogP contribution in [0.15, 0.2) is 77.7 Å². The van der Waals surface area contributed by atoms with Crippen LogP contribution in [0.2, 0.25) is 5.02 Å². The van der Waals surface area contributed by atoms with E-state index < -0.39 is 15.9 Å². The van der Waals surface area contributed by atoms with Gasteiger partial charge in [0.05, 0.1) is 23.2 Å². The van der Waals surface area contributed by atoms with E-state index in [2.05, 4.69) is 5.32 Å². The highest BCUT2D eigenvalue weighted by atomic mass is 35.5. The zero-order chi connectivity index (χ0) is 26.3. The number of hydrogen-bond donors (Lipinski definition) is 2. The van der Waals surface area contributed by atoms with Crippen molar-refractivity contribution in [1.29, 1.82) is 0 Å². The zero-order valence-corrected chi connectivity index (χ0v) is 21.7. The number of benzene rings is 3. The number of nitrogens with one attached hydrogen (secondary N) is 1. The second-order valence-electron chi connectivity index (χ2n) is 8.52. The lowest BCUT2D eigenvalue weighted by molar-refractivity contribution is -0.115. The molecule has 1 atom stereocenters. The monoisotopic (exact) mass is 528 g/mol. The van der Waals surface area contributed by atoms with Gasteiger partial charge in [0.25, 0.3) is 5.91 Å². The first-order valence-corrected chi connectivity index (χ1v) is 13.5. The number of carbonyl (C=O) groups is 2. The topological polar surface area (TPSA) is 104 Å². The molecule has 0 fully saturated rings. The summed E-state index contributed by atoms with van der Waals surface area (Å²) in [4.78, 5) is 26.8. The Bertz CT molecular complexity index is 1290. The van der Waals surface area contributed by atoms with E-state index in [9.17, 15) is 23.1 Å². The van der Waals surface area contributed by atoms with Gasteiger partial charge in [-0.15, -0.1) is 0 Å². The number of halogens is 1. The molecular weight excluding hydrogens is 500 g/mol. The highest BCUT2D eigenvalue weighted by Crippen LogP contribution is 2.16. The van der Waals surface area contributed by atoms with Crippen molar-refractivity contribution >= 4 is 38.9 Å². The van der Waals surface area contributed by atoms with Crippen molar-refractivity contribution in [2.24, 2.45) is 0 Å². The Labute approximate surface area is 216 Å². The number of likely N-dealkylation sites (N-methyl/N-ethyl adjacent to an activating group) is 1. The van der Waals surface area contributed by atoms with E-state index in [0.29, 0.717) is 28.3 Å². The summed E-state index contributed by atoms with van der Waals surface area (Å²) in [5.74, 6) is -0.488. The van der Waals surface area contributed by atoms with Crippen LogP contribution in [-0.2, 0) is 27.5 Å². The molecule has 0 aromatic heterocycles. The third-order valence-corrected chi connectivity index (χ3v) is 7.66. The van der Waals surface area contributed by atoms with Crippen LogP contribution in [0.4, 0.5) is 5.69 Å². The molecule has 0 spiro atoms. The summed E-state index contributed by atoms with van der Waals surface area (Å²) in [7, 11) is -1.66. The van der Waals surface area contributed by atoms with Crippen LogP contribution >= 0.6 is 11.6 Å². The summed E-state index contributed by atoms with van der Waals surface area (Å²) >= 11 is 5.88. The number of hydrogen-bond acceptors (Lipinski definition) is 5. The largest absolute Gasteiger partial charge is 0.391 e. The van der Waals surface area contributed by atoms with E-state index in [-0.39, 0.29) is 35.4 Å². The third-order valence-electron chi connectivity index (χ3n) is 5.66. The Morgan fingerprint density at radius 2 is 1.53 bits per heavy atom. The second-order valence-corrected chi connectivity index (χ2v) is 11.2. The maximum Gasteiger partial charge on any atom is 0.253 e. The van der Waals surface area contributed by atoms with Crippen molar-refractivity contribution in [3.05, 3.63) is 94.5 Å². The van der Waals surface area contributed by atoms with E-state index >= 15 is 0 Å². The first kappa shape index (κ1) is 27.4. The molecule has 0 bridgehead atoms. The highest BCUT2D eigenvalue weighted by molar-refractivity contribution is 7.91. The Morgan fingerprint density at radius 1 is 0.944 bits per heavy atom. The minimum absolute atomic E-state index is 0.0190. The van der Waals surface area contributed by atoms with Crippen molar-refractivity contribution in [1.82, 2.24) is 4.90 Å². The molecular formula is C27H29ClN2O5S. The van der Waals surface area contributed by atoms with E-state index in [4.69, 9.17) is 11.6 Å². The number of rotatable bonds is 10. The van der Waals surface area contributed by atoms with Crippen LogP contribution in [0.3, 0.4) is 0 Å². The summed E-state index contributed by atoms with van der Waals surface area (Å²) in [5, 5.41) is 13.8. The van der Waals surface area contributed by atoms with Crippen molar-refractivity contribution in [3.8, 4) is 0 Å². The molecule has 0 unspecified atom stereocenters. The molecule has 7 nitrogen and oxygen atoms in total. The van der Waals surface area contributed by atoms with Gasteiger partial charge < -0.3 is 15.3 Å². The van der Waals surface area contributed by atoms with Crippen LogP contribution in [0, 0.1) is 0 Å². The molecule has 36 heavy (non-hydrogen) atoms. The summed E-state index contributed by atoms with van der Waals surface area (Å²) in [6, 6.07) is 20.0. The summed E-state index contributed by atoms with van der Waals surface area (Å²) in [6.07, 6.45) is -0.243. The van der Waals surface area contributed by atoms with Gasteiger partial charge in [0, 0.05) is 36.3 Å². The van der Waals surface area contributed by atoms with Crippen molar-refractivity contribution < 1.29 is 23.1 Å². The van der Waals surface area contributed by atoms with Crippen LogP contribution in [0.5, 0.6) is 0 Å². The molecule has 0 radical (unpaired) electrons. The fourth-order valence-corrected chi connectivity index (χ4v) is 4.65. The minimum atomic E-state index is -3.28. The number of aliphatic hydroxyl groups is 1. The quantitative estimate of drug-likeness (QED) is 0.414. The summed E-state index contributed by atoms with van der Waals surface area (Å²) < 4.78 is 23.8. The average Bonchev–Trinajstić information content (AvgIpc) is 2.85. The molecule has 0 heterocycles. The Morgan fingerprint density at radius 3 is 2.11 bits per heavy atom. The lowest BCUT2D eigenvalue weighted by Gasteiger charge is -2.21. The molecule has 0 saturated heterocycles. The number of nitrogens with zero attached hydrogens (tertiary/aromatic N) is 1. The lowest BCUT2D eigenvalue weighted by Crippen LogP contribution is -2.35. The summed E-state index contributed by atoms with van der Waals surface area (Å²) in [5.41, 5.74) is 2.58. The van der Waals surface area contributed by atoms with Crippen molar-refractivity contribution in [3.63, 3.8) is 0 Å². The maximum atomic E-state index is 12.7. The predicted octanol–water partition coefficient (Wildman–Crippen LogP) is 3.99. The highest BCUT2D eigenvalue weighted by Gasteiger charge is 2.16. The Balaban J connectivity index is 1.52. The molecule has 0 saturated carbocycles. The minimum Gasteiger partial charge on any atom is -0.391 e. The van der Waals surface area contributed by atoms with Gasteiger partial charge in [-0.2, -0.15) is 0 Å². The number of aliphatic hydroxyl groups excluding tert-OH is 1. The molecule has 0 aliphatic heterocycles. The van der Waals surface area contributed by atoms with Crippen molar-refractivity contribution in [2.75, 3.05) is 24.7 Å². The van der Waals surface area contributed by atoms with E-state index in [1.165, 1.54) is 17.0 Å². The number of anilines is 1. The van der Waals surface area contributed by atoms with Gasteiger partial charge in [0.2, 0.25) is 5.91 Å². The number of carbonyl (C=O) groups excluding carboxylic acids is 2. The molecule has 3 aromatic rings. The van der Waals surface area contributed by atoms with Gasteiger partial charge in [0.1, 0.15) is 0 Å². The van der Waals surface area contributed by atoms with Crippen LogP contribution < -0.4 is 5.32 Å².